The van der Waals surface area contributed by atoms with Gasteiger partial charge in [0.15, 0.2) is 5.65 Å². The number of hydrogen-bond acceptors (Lipinski definition) is 4. The van der Waals surface area contributed by atoms with E-state index in [1.165, 1.54) is 5.56 Å². The maximum Gasteiger partial charge on any atom is 0.251 e. The molecular weight excluding hydrogens is 424 g/mol. The summed E-state index contributed by atoms with van der Waals surface area (Å²) in [6, 6.07) is 17.9. The maximum atomic E-state index is 12.6. The van der Waals surface area contributed by atoms with Crippen LogP contribution >= 0.6 is 0 Å². The van der Waals surface area contributed by atoms with Crippen molar-refractivity contribution >= 4 is 17.1 Å². The average Bonchev–Trinajstić information content (AvgIpc) is 3.52. The van der Waals surface area contributed by atoms with Gasteiger partial charge in [0.05, 0.1) is 17.3 Å². The first kappa shape index (κ1) is 21.6. The molecule has 0 bridgehead atoms. The molecule has 7 nitrogen and oxygen atoms in total. The lowest BCUT2D eigenvalue weighted by atomic mass is 9.87. The van der Waals surface area contributed by atoms with Crippen LogP contribution in [0, 0.1) is 0 Å². The third kappa shape index (κ3) is 4.32. The number of carbonyl (C=O) groups is 1. The number of fused-ring (bicyclic) bond motifs is 1. The lowest BCUT2D eigenvalue weighted by molar-refractivity contribution is 0.0951. The summed E-state index contributed by atoms with van der Waals surface area (Å²) in [5, 5.41) is 9.80. The van der Waals surface area contributed by atoms with Crippen molar-refractivity contribution in [3.05, 3.63) is 89.9 Å². The van der Waals surface area contributed by atoms with E-state index in [9.17, 15) is 4.79 Å². The number of nitrogens with zero attached hydrogens (tertiary/aromatic N) is 3. The molecule has 0 unspecified atom stereocenters. The fourth-order valence-electron chi connectivity index (χ4n) is 3.88. The Morgan fingerprint density at radius 1 is 0.971 bits per heavy atom. The molecule has 0 aliphatic heterocycles. The van der Waals surface area contributed by atoms with Crippen molar-refractivity contribution in [1.82, 2.24) is 30.5 Å². The second kappa shape index (κ2) is 8.59. The molecule has 2 aromatic carbocycles. The molecule has 0 atom stereocenters. The lowest BCUT2D eigenvalue weighted by Gasteiger charge is -2.19. The van der Waals surface area contributed by atoms with Crippen LogP contribution < -0.4 is 5.32 Å². The van der Waals surface area contributed by atoms with Gasteiger partial charge in [-0.15, -0.1) is 0 Å². The highest BCUT2D eigenvalue weighted by atomic mass is 16.1. The second-order valence-electron chi connectivity index (χ2n) is 9.34. The Labute approximate surface area is 197 Å². The minimum absolute atomic E-state index is 0.0636. The first-order valence-corrected chi connectivity index (χ1v) is 11.2. The zero-order valence-electron chi connectivity index (χ0n) is 19.4. The molecule has 3 heterocycles. The Morgan fingerprint density at radius 3 is 2.41 bits per heavy atom. The molecule has 0 saturated heterocycles. The van der Waals surface area contributed by atoms with Gasteiger partial charge in [-0.05, 0) is 40.3 Å². The van der Waals surface area contributed by atoms with Gasteiger partial charge in [-0.1, -0.05) is 57.2 Å². The molecule has 1 amide bonds. The van der Waals surface area contributed by atoms with Crippen molar-refractivity contribution in [1.29, 1.82) is 0 Å². The summed E-state index contributed by atoms with van der Waals surface area (Å²) in [4.78, 5) is 24.9. The van der Waals surface area contributed by atoms with Gasteiger partial charge < -0.3 is 10.3 Å². The Morgan fingerprint density at radius 2 is 1.74 bits per heavy atom. The molecular formula is C27H26N6O. The zero-order chi connectivity index (χ0) is 23.7. The van der Waals surface area contributed by atoms with Gasteiger partial charge in [0.2, 0.25) is 0 Å². The van der Waals surface area contributed by atoms with Crippen LogP contribution in [0.1, 0.15) is 42.3 Å². The molecule has 0 fully saturated rings. The van der Waals surface area contributed by atoms with Gasteiger partial charge in [0.25, 0.3) is 5.91 Å². The first-order chi connectivity index (χ1) is 16.4. The van der Waals surface area contributed by atoms with E-state index in [1.807, 2.05) is 54.6 Å². The van der Waals surface area contributed by atoms with Gasteiger partial charge in [-0.2, -0.15) is 5.10 Å². The van der Waals surface area contributed by atoms with E-state index in [-0.39, 0.29) is 11.3 Å². The smallest absolute Gasteiger partial charge is 0.251 e. The van der Waals surface area contributed by atoms with Crippen molar-refractivity contribution in [2.24, 2.45) is 0 Å². The minimum atomic E-state index is -0.0791. The van der Waals surface area contributed by atoms with Crippen LogP contribution in [0.5, 0.6) is 0 Å². The van der Waals surface area contributed by atoms with Crippen LogP contribution in [0.25, 0.3) is 33.7 Å². The quantitative estimate of drug-likeness (QED) is 0.341. The third-order valence-electron chi connectivity index (χ3n) is 5.89. The number of imidazole rings is 1. The van der Waals surface area contributed by atoms with Crippen LogP contribution in [0.3, 0.4) is 0 Å². The van der Waals surface area contributed by atoms with Crippen LogP contribution in [0.4, 0.5) is 0 Å². The van der Waals surface area contributed by atoms with E-state index < -0.39 is 0 Å². The van der Waals surface area contributed by atoms with Gasteiger partial charge in [0, 0.05) is 30.1 Å². The first-order valence-electron chi connectivity index (χ1n) is 11.2. The van der Waals surface area contributed by atoms with Crippen LogP contribution in [-0.2, 0) is 12.0 Å². The van der Waals surface area contributed by atoms with E-state index in [0.29, 0.717) is 17.8 Å². The summed E-state index contributed by atoms with van der Waals surface area (Å²) >= 11 is 0. The molecule has 34 heavy (non-hydrogen) atoms. The van der Waals surface area contributed by atoms with Crippen LogP contribution in [0.2, 0.25) is 0 Å². The topological polar surface area (TPSA) is 99.3 Å². The fourth-order valence-corrected chi connectivity index (χ4v) is 3.88. The minimum Gasteiger partial charge on any atom is -0.348 e. The Kier molecular flexibility index (Phi) is 5.45. The van der Waals surface area contributed by atoms with Crippen molar-refractivity contribution in [2.75, 3.05) is 0 Å². The highest BCUT2D eigenvalue weighted by molar-refractivity contribution is 5.94. The highest BCUT2D eigenvalue weighted by Crippen LogP contribution is 2.28. The second-order valence-corrected chi connectivity index (χ2v) is 9.34. The van der Waals surface area contributed by atoms with Crippen molar-refractivity contribution in [2.45, 2.75) is 32.7 Å². The van der Waals surface area contributed by atoms with Gasteiger partial charge in [-0.3, -0.25) is 9.89 Å². The summed E-state index contributed by atoms with van der Waals surface area (Å²) in [6.45, 7) is 6.94. The Hall–Kier alpha value is -4.26. The molecule has 0 saturated carbocycles. The van der Waals surface area contributed by atoms with Crippen LogP contribution in [0.15, 0.2) is 73.2 Å². The average molecular weight is 451 g/mol. The number of hydrogen-bond donors (Lipinski definition) is 3. The molecule has 0 radical (unpaired) electrons. The highest BCUT2D eigenvalue weighted by Gasteiger charge is 2.15. The predicted molar refractivity (Wildman–Crippen MR) is 133 cm³/mol. The Balaban J connectivity index is 1.30. The Bertz CT molecular complexity index is 1430. The number of amides is 1. The number of rotatable bonds is 5. The van der Waals surface area contributed by atoms with E-state index in [1.54, 1.807) is 18.6 Å². The molecule has 3 N–H and O–H groups in total. The van der Waals surface area contributed by atoms with Crippen molar-refractivity contribution < 1.29 is 4.79 Å². The number of nitrogens with one attached hydrogen (secondary N) is 3. The van der Waals surface area contributed by atoms with E-state index in [0.717, 1.165) is 33.6 Å². The maximum absolute atomic E-state index is 12.6. The molecule has 0 aliphatic carbocycles. The number of aromatic amines is 2. The molecule has 170 valence electrons. The van der Waals surface area contributed by atoms with E-state index >= 15 is 0 Å². The molecule has 5 rings (SSSR count). The summed E-state index contributed by atoms with van der Waals surface area (Å²) < 4.78 is 0. The van der Waals surface area contributed by atoms with Crippen LogP contribution in [-0.4, -0.2) is 31.1 Å². The molecule has 3 aromatic heterocycles. The largest absolute Gasteiger partial charge is 0.348 e. The number of benzene rings is 2. The lowest BCUT2D eigenvalue weighted by Crippen LogP contribution is -2.23. The van der Waals surface area contributed by atoms with Gasteiger partial charge in [0.1, 0.15) is 5.82 Å². The predicted octanol–water partition coefficient (Wildman–Crippen LogP) is 5.24. The number of H-pyrrole nitrogens is 2. The SMILES string of the molecule is CC(C)(C)c1ccc(C(=O)NCc2ccc(-c3ccnc4nc(-c5cn[nH]c5)[nH]c34)cc2)cc1. The summed E-state index contributed by atoms with van der Waals surface area (Å²) in [7, 11) is 0. The monoisotopic (exact) mass is 450 g/mol. The summed E-state index contributed by atoms with van der Waals surface area (Å²) in [5.74, 6) is 0.642. The summed E-state index contributed by atoms with van der Waals surface area (Å²) in [5.41, 5.74) is 7.43. The molecule has 7 heteroatoms. The van der Waals surface area contributed by atoms with Gasteiger partial charge >= 0.3 is 0 Å². The molecule has 0 aliphatic rings. The van der Waals surface area contributed by atoms with Crippen molar-refractivity contribution in [3.63, 3.8) is 0 Å². The zero-order valence-corrected chi connectivity index (χ0v) is 19.4. The third-order valence-corrected chi connectivity index (χ3v) is 5.89. The fraction of sp³-hybridized carbons (Fsp3) is 0.185. The number of aromatic nitrogens is 5. The number of carbonyl (C=O) groups excluding carboxylic acids is 1. The van der Waals surface area contributed by atoms with E-state index in [2.05, 4.69) is 51.2 Å². The normalized spacial score (nSPS) is 11.6. The number of pyridine rings is 1. The standard InChI is InChI=1S/C27H26N6O/c1-27(2,3)21-10-8-19(9-11-21)26(34)29-14-17-4-6-18(7-5-17)22-12-13-28-25-23(22)32-24(33-25)20-15-30-31-16-20/h4-13,15-16H,14H2,1-3H3,(H,29,34)(H,30,31)(H,28,32,33). The molecule has 0 spiro atoms. The van der Waals surface area contributed by atoms with E-state index in [4.69, 9.17) is 0 Å². The van der Waals surface area contributed by atoms with Crippen molar-refractivity contribution in [3.8, 4) is 22.5 Å². The van der Waals surface area contributed by atoms with Gasteiger partial charge in [-0.25, -0.2) is 9.97 Å². The summed E-state index contributed by atoms with van der Waals surface area (Å²) in [6.07, 6.45) is 5.27. The molecule has 5 aromatic rings.